The molecule has 1 fully saturated rings. The molecular weight excluding hydrogens is 452 g/mol. The number of hydrogen-bond acceptors (Lipinski definition) is 5. The van der Waals surface area contributed by atoms with Crippen LogP contribution in [0.2, 0.25) is 0 Å². The van der Waals surface area contributed by atoms with Crippen LogP contribution in [0.3, 0.4) is 0 Å². The third-order valence-corrected chi connectivity index (χ3v) is 7.24. The minimum absolute atomic E-state index is 0.0491. The molecule has 0 aliphatic carbocycles. The fourth-order valence-electron chi connectivity index (χ4n) is 4.16. The molecule has 11 heteroatoms. The Kier molecular flexibility index (Phi) is 6.35. The zero-order chi connectivity index (χ0) is 23.8. The molecule has 1 aromatic carbocycles. The largest absolute Gasteiger partial charge is 0.363 e. The molecule has 1 N–H and O–H groups in total. The molecule has 1 atom stereocenters. The molecule has 2 aromatic heterocycles. The van der Waals surface area contributed by atoms with Gasteiger partial charge in [0.1, 0.15) is 23.0 Å². The number of nitrogens with zero attached hydrogens (tertiary/aromatic N) is 4. The third-order valence-electron chi connectivity index (χ3n) is 5.79. The number of hydrogen-bond donors (Lipinski definition) is 1. The molecule has 0 saturated carbocycles. The highest BCUT2D eigenvalue weighted by atomic mass is 32.2. The molecule has 176 valence electrons. The zero-order valence-corrected chi connectivity index (χ0v) is 19.1. The zero-order valence-electron chi connectivity index (χ0n) is 18.3. The van der Waals surface area contributed by atoms with Crippen molar-refractivity contribution >= 4 is 27.5 Å². The summed E-state index contributed by atoms with van der Waals surface area (Å²) in [5.74, 6) is -1.79. The molecule has 1 amide bonds. The Hall–Kier alpha value is -3.05. The van der Waals surface area contributed by atoms with Crippen LogP contribution in [-0.2, 0) is 10.2 Å². The summed E-state index contributed by atoms with van der Waals surface area (Å²) >= 11 is 0. The van der Waals surface area contributed by atoms with Crippen LogP contribution < -0.4 is 9.62 Å². The van der Waals surface area contributed by atoms with Crippen molar-refractivity contribution in [3.8, 4) is 0 Å². The van der Waals surface area contributed by atoms with Crippen LogP contribution in [0.15, 0.2) is 42.7 Å². The van der Waals surface area contributed by atoms with Crippen LogP contribution in [0.25, 0.3) is 5.65 Å². The number of anilines is 1. The number of amides is 1. The molecule has 1 aliphatic rings. The summed E-state index contributed by atoms with van der Waals surface area (Å²) in [5, 5.41) is 0. The van der Waals surface area contributed by atoms with E-state index in [4.69, 9.17) is 0 Å². The van der Waals surface area contributed by atoms with Gasteiger partial charge in [-0.05, 0) is 49.6 Å². The number of benzene rings is 1. The summed E-state index contributed by atoms with van der Waals surface area (Å²) < 4.78 is 57.6. The molecule has 33 heavy (non-hydrogen) atoms. The van der Waals surface area contributed by atoms with Gasteiger partial charge in [0.15, 0.2) is 0 Å². The molecule has 3 aromatic rings. The Bertz CT molecular complexity index is 1290. The van der Waals surface area contributed by atoms with E-state index in [1.807, 2.05) is 11.8 Å². The van der Waals surface area contributed by atoms with E-state index in [0.717, 1.165) is 22.9 Å². The van der Waals surface area contributed by atoms with Gasteiger partial charge in [-0.25, -0.2) is 18.5 Å². The van der Waals surface area contributed by atoms with E-state index in [1.54, 1.807) is 18.3 Å². The Morgan fingerprint density at radius 2 is 2.06 bits per heavy atom. The second-order valence-electron chi connectivity index (χ2n) is 8.03. The van der Waals surface area contributed by atoms with Crippen LogP contribution in [-0.4, -0.2) is 48.2 Å². The molecule has 4 rings (SSSR count). The second-order valence-corrected chi connectivity index (χ2v) is 9.81. The maximum Gasteiger partial charge on any atom is 0.303 e. The van der Waals surface area contributed by atoms with Crippen LogP contribution >= 0.6 is 0 Å². The van der Waals surface area contributed by atoms with Gasteiger partial charge in [0.2, 0.25) is 0 Å². The molecule has 0 bridgehead atoms. The van der Waals surface area contributed by atoms with Crippen molar-refractivity contribution in [1.29, 1.82) is 0 Å². The first kappa shape index (κ1) is 23.1. The van der Waals surface area contributed by atoms with Gasteiger partial charge in [0.25, 0.3) is 5.91 Å². The van der Waals surface area contributed by atoms with Crippen molar-refractivity contribution in [3.05, 3.63) is 65.6 Å². The monoisotopic (exact) mass is 477 g/mol. The molecule has 0 radical (unpaired) electrons. The maximum atomic E-state index is 14.4. The third kappa shape index (κ3) is 4.55. The summed E-state index contributed by atoms with van der Waals surface area (Å²) in [4.78, 5) is 18.9. The normalized spacial score (nSPS) is 16.6. The van der Waals surface area contributed by atoms with Gasteiger partial charge in [-0.2, -0.15) is 12.7 Å². The minimum Gasteiger partial charge on any atom is -0.363 e. The second kappa shape index (κ2) is 9.06. The number of fused-ring (bicyclic) bond motifs is 1. The number of halogens is 2. The lowest BCUT2D eigenvalue weighted by molar-refractivity contribution is 0.0973. The molecule has 1 aliphatic heterocycles. The highest BCUT2D eigenvalue weighted by Gasteiger charge is 2.30. The maximum absolute atomic E-state index is 14.4. The average molecular weight is 478 g/mol. The Labute approximate surface area is 191 Å². The van der Waals surface area contributed by atoms with E-state index in [0.29, 0.717) is 30.7 Å². The Morgan fingerprint density at radius 3 is 2.82 bits per heavy atom. The van der Waals surface area contributed by atoms with Crippen LogP contribution in [0.4, 0.5) is 14.5 Å². The number of imidazole rings is 1. The van der Waals surface area contributed by atoms with E-state index in [-0.39, 0.29) is 23.8 Å². The standard InChI is InChI=1S/C22H25F2N5O3S/c1-3-10-27(2)33(31,32)26-22(30)20-13-25-21-9-7-16(14-29(20)21)28-11-4-5-19(28)17-12-15(23)6-8-18(17)24/h6-9,12-14,19H,3-5,10-11H2,1-2H3,(H,26,30). The number of nitrogens with one attached hydrogen (secondary N) is 1. The van der Waals surface area contributed by atoms with Gasteiger partial charge < -0.3 is 4.90 Å². The highest BCUT2D eigenvalue weighted by Crippen LogP contribution is 2.37. The van der Waals surface area contributed by atoms with Gasteiger partial charge in [-0.15, -0.1) is 0 Å². The molecule has 1 unspecified atom stereocenters. The number of carbonyl (C=O) groups excluding carboxylic acids is 1. The van der Waals surface area contributed by atoms with Gasteiger partial charge in [0.05, 0.1) is 17.9 Å². The number of pyridine rings is 1. The fourth-order valence-corrected chi connectivity index (χ4v) is 5.08. The summed E-state index contributed by atoms with van der Waals surface area (Å²) in [6.07, 6.45) is 5.01. The number of aromatic nitrogens is 2. The topological polar surface area (TPSA) is 87.0 Å². The van der Waals surface area contributed by atoms with Crippen LogP contribution in [0.1, 0.15) is 48.3 Å². The van der Waals surface area contributed by atoms with Crippen molar-refractivity contribution in [1.82, 2.24) is 18.4 Å². The lowest BCUT2D eigenvalue weighted by Crippen LogP contribution is -2.42. The van der Waals surface area contributed by atoms with E-state index in [1.165, 1.54) is 23.7 Å². The van der Waals surface area contributed by atoms with E-state index < -0.39 is 27.8 Å². The van der Waals surface area contributed by atoms with E-state index in [2.05, 4.69) is 9.71 Å². The Morgan fingerprint density at radius 1 is 1.27 bits per heavy atom. The quantitative estimate of drug-likeness (QED) is 0.565. The first-order valence-electron chi connectivity index (χ1n) is 10.7. The van der Waals surface area contributed by atoms with E-state index >= 15 is 0 Å². The van der Waals surface area contributed by atoms with Crippen molar-refractivity contribution in [2.45, 2.75) is 32.2 Å². The summed E-state index contributed by atoms with van der Waals surface area (Å²) in [6, 6.07) is 6.56. The molecular formula is C22H25F2N5O3S. The number of rotatable bonds is 7. The smallest absolute Gasteiger partial charge is 0.303 e. The van der Waals surface area contributed by atoms with Crippen molar-refractivity contribution in [2.24, 2.45) is 0 Å². The lowest BCUT2D eigenvalue weighted by Gasteiger charge is -2.27. The van der Waals surface area contributed by atoms with Crippen molar-refractivity contribution < 1.29 is 22.0 Å². The SMILES string of the molecule is CCCN(C)S(=O)(=O)NC(=O)c1cnc2ccc(N3CCCC3c3cc(F)ccc3F)cn12. The fraction of sp³-hybridized carbons (Fsp3) is 0.364. The molecule has 3 heterocycles. The predicted octanol–water partition coefficient (Wildman–Crippen LogP) is 3.27. The Balaban J connectivity index is 1.65. The summed E-state index contributed by atoms with van der Waals surface area (Å²) in [6.45, 7) is 2.73. The molecule has 0 spiro atoms. The first-order valence-corrected chi connectivity index (χ1v) is 12.1. The van der Waals surface area contributed by atoms with Gasteiger partial charge in [0, 0.05) is 31.9 Å². The lowest BCUT2D eigenvalue weighted by atomic mass is 10.0. The van der Waals surface area contributed by atoms with Crippen LogP contribution in [0.5, 0.6) is 0 Å². The van der Waals surface area contributed by atoms with Crippen LogP contribution in [0, 0.1) is 11.6 Å². The summed E-state index contributed by atoms with van der Waals surface area (Å²) in [7, 11) is -2.60. The molecule has 8 nitrogen and oxygen atoms in total. The van der Waals surface area contributed by atoms with Gasteiger partial charge >= 0.3 is 10.2 Å². The predicted molar refractivity (Wildman–Crippen MR) is 120 cm³/mol. The van der Waals surface area contributed by atoms with E-state index in [9.17, 15) is 22.0 Å². The first-order chi connectivity index (χ1) is 15.7. The van der Waals surface area contributed by atoms with Crippen molar-refractivity contribution in [2.75, 3.05) is 25.0 Å². The summed E-state index contributed by atoms with van der Waals surface area (Å²) in [5.41, 5.74) is 1.47. The highest BCUT2D eigenvalue weighted by molar-refractivity contribution is 7.87. The number of carbonyl (C=O) groups is 1. The van der Waals surface area contributed by atoms with Gasteiger partial charge in [-0.3, -0.25) is 9.20 Å². The average Bonchev–Trinajstić information content (AvgIpc) is 3.42. The van der Waals surface area contributed by atoms with Gasteiger partial charge in [-0.1, -0.05) is 6.92 Å². The minimum atomic E-state index is -3.99. The molecule has 1 saturated heterocycles. The van der Waals surface area contributed by atoms with Crippen molar-refractivity contribution in [3.63, 3.8) is 0 Å².